The standard InChI is InChI=1S/C24H20F3N5O3S/c25-16-10-14(17-11-18(24(26)27)30-29-17)12-28-19(16)13-32(15-4-2-1-3-5-15)21-20(22(33)23(21)34)31-6-8-36(35)9-7-31/h1-5,10,12,24H,6-9,11,13H2. The molecule has 1 aromatic heterocycles. The van der Waals surface area contributed by atoms with E-state index in [1.54, 1.807) is 40.1 Å². The van der Waals surface area contributed by atoms with E-state index in [9.17, 15) is 22.6 Å². The third kappa shape index (κ3) is 4.48. The molecule has 0 amide bonds. The van der Waals surface area contributed by atoms with Crippen molar-refractivity contribution in [1.82, 2.24) is 4.98 Å². The molecule has 186 valence electrons. The van der Waals surface area contributed by atoms with E-state index in [-0.39, 0.29) is 47.0 Å². The van der Waals surface area contributed by atoms with Crippen molar-refractivity contribution in [2.45, 2.75) is 19.4 Å². The van der Waals surface area contributed by atoms with Gasteiger partial charge in [-0.25, -0.2) is 13.2 Å². The van der Waals surface area contributed by atoms with Gasteiger partial charge in [0.1, 0.15) is 22.9 Å². The first-order valence-corrected chi connectivity index (χ1v) is 12.6. The van der Waals surface area contributed by atoms with Crippen LogP contribution in [-0.4, -0.2) is 51.6 Å². The lowest BCUT2D eigenvalue weighted by atomic mass is 10.1. The summed E-state index contributed by atoms with van der Waals surface area (Å²) in [4.78, 5) is 32.8. The fourth-order valence-electron chi connectivity index (χ4n) is 4.22. The zero-order chi connectivity index (χ0) is 25.4. The lowest BCUT2D eigenvalue weighted by molar-refractivity contribution is 0.224. The first kappa shape index (κ1) is 24.0. The van der Waals surface area contributed by atoms with E-state index in [4.69, 9.17) is 0 Å². The predicted octanol–water partition coefficient (Wildman–Crippen LogP) is 2.54. The van der Waals surface area contributed by atoms with Crippen LogP contribution in [0.3, 0.4) is 0 Å². The van der Waals surface area contributed by atoms with Crippen LogP contribution in [0.1, 0.15) is 17.7 Å². The fraction of sp³-hybridized carbons (Fsp3) is 0.292. The molecular weight excluding hydrogens is 495 g/mol. The Morgan fingerprint density at radius 2 is 1.78 bits per heavy atom. The van der Waals surface area contributed by atoms with Gasteiger partial charge < -0.3 is 9.80 Å². The number of halogens is 3. The smallest absolute Gasteiger partial charge is 0.278 e. The van der Waals surface area contributed by atoms with Gasteiger partial charge in [-0.3, -0.25) is 18.8 Å². The zero-order valence-electron chi connectivity index (χ0n) is 18.9. The molecule has 0 N–H and O–H groups in total. The summed E-state index contributed by atoms with van der Waals surface area (Å²) in [5, 5.41) is 7.16. The van der Waals surface area contributed by atoms with E-state index in [0.717, 1.165) is 6.07 Å². The molecule has 8 nitrogen and oxygen atoms in total. The minimum absolute atomic E-state index is 0.00468. The van der Waals surface area contributed by atoms with Gasteiger partial charge in [0.2, 0.25) is 0 Å². The van der Waals surface area contributed by atoms with Gasteiger partial charge in [0.15, 0.2) is 0 Å². The topological polar surface area (TPSA) is 95.3 Å². The minimum atomic E-state index is -2.74. The molecule has 36 heavy (non-hydrogen) atoms. The van der Waals surface area contributed by atoms with Crippen LogP contribution >= 0.6 is 0 Å². The molecule has 1 fully saturated rings. The van der Waals surface area contributed by atoms with E-state index in [0.29, 0.717) is 30.3 Å². The van der Waals surface area contributed by atoms with Gasteiger partial charge in [-0.05, 0) is 18.2 Å². The molecule has 2 aliphatic rings. The summed E-state index contributed by atoms with van der Waals surface area (Å²) >= 11 is 0. The monoisotopic (exact) mass is 515 g/mol. The molecule has 3 aromatic rings. The third-order valence-electron chi connectivity index (χ3n) is 6.15. The Kier molecular flexibility index (Phi) is 6.52. The number of pyridine rings is 1. The second kappa shape index (κ2) is 9.76. The molecule has 0 bridgehead atoms. The van der Waals surface area contributed by atoms with Gasteiger partial charge in [0.25, 0.3) is 17.3 Å². The number of benzene rings is 1. The van der Waals surface area contributed by atoms with Crippen LogP contribution in [-0.2, 0) is 17.3 Å². The molecule has 0 atom stereocenters. The summed E-state index contributed by atoms with van der Waals surface area (Å²) in [6.07, 6.45) is -1.61. The van der Waals surface area contributed by atoms with Crippen LogP contribution in [0.2, 0.25) is 0 Å². The Labute approximate surface area is 205 Å². The van der Waals surface area contributed by atoms with Crippen molar-refractivity contribution >= 4 is 39.3 Å². The quantitative estimate of drug-likeness (QED) is 0.449. The summed E-state index contributed by atoms with van der Waals surface area (Å²) < 4.78 is 52.6. The molecule has 1 saturated heterocycles. The second-order valence-corrected chi connectivity index (χ2v) is 10.1. The number of para-hydroxylation sites is 1. The minimum Gasteiger partial charge on any atom is -0.365 e. The molecule has 0 aliphatic carbocycles. The maximum absolute atomic E-state index is 15.1. The number of nitrogens with zero attached hydrogens (tertiary/aromatic N) is 5. The maximum Gasteiger partial charge on any atom is 0.278 e. The van der Waals surface area contributed by atoms with Crippen LogP contribution in [0, 0.1) is 5.82 Å². The summed E-state index contributed by atoms with van der Waals surface area (Å²) in [7, 11) is -0.970. The number of aromatic nitrogens is 1. The largest absolute Gasteiger partial charge is 0.365 e. The average molecular weight is 516 g/mol. The van der Waals surface area contributed by atoms with Crippen LogP contribution in [0.4, 0.5) is 30.2 Å². The molecule has 0 radical (unpaired) electrons. The van der Waals surface area contributed by atoms with Crippen molar-refractivity contribution in [1.29, 1.82) is 0 Å². The molecular formula is C24H20F3N5O3S. The molecule has 2 aromatic carbocycles. The Morgan fingerprint density at radius 1 is 1.06 bits per heavy atom. The van der Waals surface area contributed by atoms with E-state index in [1.807, 2.05) is 0 Å². The third-order valence-corrected chi connectivity index (χ3v) is 7.43. The number of hydrogen-bond donors (Lipinski definition) is 0. The van der Waals surface area contributed by atoms with E-state index in [2.05, 4.69) is 15.2 Å². The predicted molar refractivity (Wildman–Crippen MR) is 133 cm³/mol. The molecule has 0 saturated carbocycles. The summed E-state index contributed by atoms with van der Waals surface area (Å²) in [6, 6.07) is 9.91. The van der Waals surface area contributed by atoms with Gasteiger partial charge in [-0.1, -0.05) is 18.2 Å². The molecule has 5 rings (SSSR count). The van der Waals surface area contributed by atoms with Gasteiger partial charge >= 0.3 is 0 Å². The Morgan fingerprint density at radius 3 is 2.42 bits per heavy atom. The fourth-order valence-corrected chi connectivity index (χ4v) is 5.27. The average Bonchev–Trinajstić information content (AvgIpc) is 3.39. The molecule has 0 unspecified atom stereocenters. The molecule has 2 aliphatic heterocycles. The van der Waals surface area contributed by atoms with E-state index in [1.165, 1.54) is 6.20 Å². The van der Waals surface area contributed by atoms with Gasteiger partial charge in [-0.15, -0.1) is 0 Å². The first-order valence-electron chi connectivity index (χ1n) is 11.2. The normalized spacial score (nSPS) is 16.5. The second-order valence-electron chi connectivity index (χ2n) is 8.38. The lowest BCUT2D eigenvalue weighted by Crippen LogP contribution is -2.49. The van der Waals surface area contributed by atoms with Gasteiger partial charge in [0.05, 0.1) is 18.0 Å². The highest BCUT2D eigenvalue weighted by molar-refractivity contribution is 7.85. The van der Waals surface area contributed by atoms with Gasteiger partial charge in [-0.2, -0.15) is 10.2 Å². The highest BCUT2D eigenvalue weighted by Gasteiger charge is 2.33. The molecule has 0 spiro atoms. The molecule has 3 heterocycles. The Balaban J connectivity index is 1.46. The van der Waals surface area contributed by atoms with Crippen molar-refractivity contribution in [3.05, 3.63) is 80.1 Å². The lowest BCUT2D eigenvalue weighted by Gasteiger charge is -2.34. The van der Waals surface area contributed by atoms with Crippen LogP contribution in [0.25, 0.3) is 0 Å². The van der Waals surface area contributed by atoms with Gasteiger partial charge in [0, 0.05) is 59.3 Å². The number of hydrogen-bond acceptors (Lipinski definition) is 8. The molecule has 12 heteroatoms. The first-order chi connectivity index (χ1) is 17.3. The number of rotatable bonds is 7. The maximum atomic E-state index is 15.1. The van der Waals surface area contributed by atoms with Crippen LogP contribution in [0.15, 0.2) is 62.4 Å². The zero-order valence-corrected chi connectivity index (χ0v) is 19.7. The summed E-state index contributed by atoms with van der Waals surface area (Å²) in [6.45, 7) is 0.595. The Bertz CT molecular complexity index is 1460. The van der Waals surface area contributed by atoms with E-state index >= 15 is 4.39 Å². The van der Waals surface area contributed by atoms with E-state index < -0.39 is 33.9 Å². The SMILES string of the molecule is O=c1c(N2CCS(=O)CC2)c(N(Cc2ncc(C3=NN=C(C(F)F)C3)cc2F)c2ccccc2)c1=O. The Hall–Kier alpha value is -3.67. The van der Waals surface area contributed by atoms with Crippen molar-refractivity contribution in [3.63, 3.8) is 0 Å². The summed E-state index contributed by atoms with van der Waals surface area (Å²) in [5.41, 5.74) is -0.353. The van der Waals surface area contributed by atoms with Crippen molar-refractivity contribution in [2.75, 3.05) is 34.4 Å². The van der Waals surface area contributed by atoms with Crippen LogP contribution in [0.5, 0.6) is 0 Å². The van der Waals surface area contributed by atoms with Crippen molar-refractivity contribution in [2.24, 2.45) is 10.2 Å². The van der Waals surface area contributed by atoms with Crippen molar-refractivity contribution < 1.29 is 17.4 Å². The highest BCUT2D eigenvalue weighted by atomic mass is 32.2. The number of alkyl halides is 2. The van der Waals surface area contributed by atoms with Crippen LogP contribution < -0.4 is 20.7 Å². The highest BCUT2D eigenvalue weighted by Crippen LogP contribution is 2.33. The summed E-state index contributed by atoms with van der Waals surface area (Å²) in [5.74, 6) is 0.0692. The number of anilines is 3. The van der Waals surface area contributed by atoms with Crippen molar-refractivity contribution in [3.8, 4) is 0 Å².